The Morgan fingerprint density at radius 1 is 1.13 bits per heavy atom. The number of nitrogens with zero attached hydrogens (tertiary/aromatic N) is 2. The first-order chi connectivity index (χ1) is 14.2. The second-order valence-electron chi connectivity index (χ2n) is 6.88. The third-order valence-corrected chi connectivity index (χ3v) is 5.14. The molecule has 3 N–H and O–H groups in total. The van der Waals surface area contributed by atoms with Crippen molar-refractivity contribution in [3.63, 3.8) is 0 Å². The number of sulfonamides is 1. The molecular weight excluding hydrogens is 410 g/mol. The molecule has 0 saturated heterocycles. The van der Waals surface area contributed by atoms with Crippen LogP contribution < -0.4 is 4.72 Å². The number of anilines is 1. The van der Waals surface area contributed by atoms with Crippen LogP contribution >= 0.6 is 0 Å². The molecule has 1 aliphatic rings. The third-order valence-electron chi connectivity index (χ3n) is 4.55. The minimum atomic E-state index is -3.54. The number of hydrogen-bond donors (Lipinski definition) is 3. The first-order valence-electron chi connectivity index (χ1n) is 9.12. The summed E-state index contributed by atoms with van der Waals surface area (Å²) < 4.78 is 25.9. The van der Waals surface area contributed by atoms with Gasteiger partial charge in [0.05, 0.1) is 30.1 Å². The van der Waals surface area contributed by atoms with Gasteiger partial charge in [-0.05, 0) is 12.1 Å². The number of hydrogen-bond acceptors (Lipinski definition) is 6. The second-order valence-corrected chi connectivity index (χ2v) is 8.63. The molecule has 0 unspecified atom stereocenters. The maximum atomic E-state index is 12.7. The number of aliphatic carboxylic acids is 1. The highest BCUT2D eigenvalue weighted by atomic mass is 32.2. The molecule has 30 heavy (non-hydrogen) atoms. The summed E-state index contributed by atoms with van der Waals surface area (Å²) in [5, 5.41) is 24.7. The van der Waals surface area contributed by atoms with Gasteiger partial charge in [0.1, 0.15) is 5.75 Å². The van der Waals surface area contributed by atoms with E-state index in [9.17, 15) is 23.1 Å². The topological polar surface area (TPSA) is 136 Å². The number of amides is 1. The van der Waals surface area contributed by atoms with Crippen molar-refractivity contribution in [1.29, 1.82) is 0 Å². The summed E-state index contributed by atoms with van der Waals surface area (Å²) >= 11 is 0. The fourth-order valence-corrected chi connectivity index (χ4v) is 3.84. The van der Waals surface area contributed by atoms with Crippen molar-refractivity contribution in [3.8, 4) is 5.75 Å². The molecule has 9 nitrogen and oxygen atoms in total. The lowest BCUT2D eigenvalue weighted by Gasteiger charge is -2.22. The molecule has 0 bridgehead atoms. The number of nitrogens with one attached hydrogen (secondary N) is 1. The van der Waals surface area contributed by atoms with E-state index in [1.165, 1.54) is 11.1 Å². The van der Waals surface area contributed by atoms with Gasteiger partial charge in [0.25, 0.3) is 0 Å². The molecule has 1 amide bonds. The van der Waals surface area contributed by atoms with Crippen LogP contribution in [0, 0.1) is 0 Å². The average molecular weight is 431 g/mol. The Balaban J connectivity index is 2.01. The van der Waals surface area contributed by atoms with Gasteiger partial charge in [-0.25, -0.2) is 13.4 Å². The van der Waals surface area contributed by atoms with Crippen LogP contribution in [0.3, 0.4) is 0 Å². The Hall–Kier alpha value is -3.40. The number of rotatable bonds is 7. The van der Waals surface area contributed by atoms with Crippen LogP contribution in [-0.2, 0) is 19.6 Å². The van der Waals surface area contributed by atoms with Gasteiger partial charge in [-0.3, -0.25) is 14.3 Å². The van der Waals surface area contributed by atoms with Crippen molar-refractivity contribution < 1.29 is 28.2 Å². The van der Waals surface area contributed by atoms with Crippen molar-refractivity contribution in [3.05, 3.63) is 59.7 Å². The number of carboxylic acid groups (broad SMARTS) is 1. The number of phenols is 1. The largest absolute Gasteiger partial charge is 0.508 e. The van der Waals surface area contributed by atoms with E-state index in [4.69, 9.17) is 5.11 Å². The van der Waals surface area contributed by atoms with Gasteiger partial charge in [-0.1, -0.05) is 36.4 Å². The lowest BCUT2D eigenvalue weighted by molar-refractivity contribution is -0.141. The molecule has 1 aliphatic heterocycles. The fraction of sp³-hybridized carbons (Fsp3) is 0.250. The molecule has 3 rings (SSSR count). The van der Waals surface area contributed by atoms with Gasteiger partial charge in [0.15, 0.2) is 0 Å². The number of carboxylic acids is 1. The molecule has 1 atom stereocenters. The van der Waals surface area contributed by atoms with Crippen LogP contribution in [0.15, 0.2) is 53.6 Å². The minimum Gasteiger partial charge on any atom is -0.508 e. The zero-order valence-corrected chi connectivity index (χ0v) is 17.0. The lowest BCUT2D eigenvalue weighted by Crippen LogP contribution is -2.27. The number of hydrazone groups is 1. The zero-order chi connectivity index (χ0) is 21.9. The molecular formula is C20H21N3O6S. The summed E-state index contributed by atoms with van der Waals surface area (Å²) in [5.74, 6) is -1.62. The lowest BCUT2D eigenvalue weighted by atomic mass is 9.97. The number of carbonyl (C=O) groups excluding carboxylic acids is 1. The van der Waals surface area contributed by atoms with E-state index < -0.39 is 27.9 Å². The molecule has 1 heterocycles. The smallest absolute Gasteiger partial charge is 0.303 e. The van der Waals surface area contributed by atoms with Gasteiger partial charge < -0.3 is 10.2 Å². The normalized spacial score (nSPS) is 16.2. The Morgan fingerprint density at radius 2 is 1.80 bits per heavy atom. The van der Waals surface area contributed by atoms with E-state index in [1.807, 2.05) is 0 Å². The van der Waals surface area contributed by atoms with Crippen molar-refractivity contribution in [1.82, 2.24) is 5.01 Å². The van der Waals surface area contributed by atoms with Gasteiger partial charge in [-0.2, -0.15) is 5.10 Å². The number of phenolic OH excluding ortho intramolecular Hbond substituents is 1. The molecule has 0 aliphatic carbocycles. The van der Waals surface area contributed by atoms with Crippen LogP contribution in [0.5, 0.6) is 5.75 Å². The van der Waals surface area contributed by atoms with Crippen LogP contribution in [0.4, 0.5) is 5.69 Å². The summed E-state index contributed by atoms with van der Waals surface area (Å²) in [6.07, 6.45) is 0.658. The molecule has 2 aromatic carbocycles. The Morgan fingerprint density at radius 3 is 2.47 bits per heavy atom. The van der Waals surface area contributed by atoms with E-state index in [-0.39, 0.29) is 25.0 Å². The highest BCUT2D eigenvalue weighted by Crippen LogP contribution is 2.38. The number of para-hydroxylation sites is 2. The molecule has 0 aromatic heterocycles. The SMILES string of the molecule is CS(=O)(=O)Nc1ccccc1C1=NN(C(=O)CCC(=O)O)[C@H](c2ccccc2O)C1. The van der Waals surface area contributed by atoms with E-state index in [0.29, 0.717) is 22.5 Å². The highest BCUT2D eigenvalue weighted by molar-refractivity contribution is 7.92. The molecule has 0 saturated carbocycles. The van der Waals surface area contributed by atoms with Crippen LogP contribution in [-0.4, -0.2) is 47.5 Å². The average Bonchev–Trinajstić information content (AvgIpc) is 3.10. The molecule has 0 fully saturated rings. The molecule has 0 spiro atoms. The summed E-state index contributed by atoms with van der Waals surface area (Å²) in [4.78, 5) is 23.6. The van der Waals surface area contributed by atoms with Crippen molar-refractivity contribution in [2.75, 3.05) is 11.0 Å². The molecule has 10 heteroatoms. The second kappa shape index (κ2) is 8.54. The number of aromatic hydroxyl groups is 1. The predicted molar refractivity (Wildman–Crippen MR) is 111 cm³/mol. The quantitative estimate of drug-likeness (QED) is 0.615. The summed E-state index contributed by atoms with van der Waals surface area (Å²) in [7, 11) is -3.54. The first kappa shape index (κ1) is 21.3. The maximum Gasteiger partial charge on any atom is 0.303 e. The minimum absolute atomic E-state index is 0.0162. The number of carbonyl (C=O) groups is 2. The Labute approximate surface area is 173 Å². The monoisotopic (exact) mass is 431 g/mol. The standard InChI is InChI=1S/C20H21N3O6S/c1-30(28,29)22-15-8-4-2-6-13(15)16-12-17(14-7-3-5-9-18(14)24)23(21-16)19(25)10-11-20(26)27/h2-9,17,22,24H,10-12H2,1H3,(H,26,27)/t17-/m0/s1. The van der Waals surface area contributed by atoms with E-state index in [0.717, 1.165) is 6.26 Å². The van der Waals surface area contributed by atoms with Gasteiger partial charge in [0, 0.05) is 24.0 Å². The van der Waals surface area contributed by atoms with Crippen LogP contribution in [0.1, 0.15) is 36.4 Å². The third kappa shape index (κ3) is 4.95. The first-order valence-corrected chi connectivity index (χ1v) is 11.0. The Bertz CT molecular complexity index is 1110. The van der Waals surface area contributed by atoms with Crippen LogP contribution in [0.25, 0.3) is 0 Å². The maximum absolute atomic E-state index is 12.7. The fourth-order valence-electron chi connectivity index (χ4n) is 3.27. The van der Waals surface area contributed by atoms with E-state index in [2.05, 4.69) is 9.82 Å². The highest BCUT2D eigenvalue weighted by Gasteiger charge is 2.35. The van der Waals surface area contributed by atoms with E-state index in [1.54, 1.807) is 42.5 Å². The van der Waals surface area contributed by atoms with Crippen LogP contribution in [0.2, 0.25) is 0 Å². The predicted octanol–water partition coefficient (Wildman–Crippen LogP) is 2.31. The molecule has 2 aromatic rings. The zero-order valence-electron chi connectivity index (χ0n) is 16.1. The number of benzene rings is 2. The molecule has 158 valence electrons. The summed E-state index contributed by atoms with van der Waals surface area (Å²) in [6, 6.07) is 12.5. The summed E-state index contributed by atoms with van der Waals surface area (Å²) in [5.41, 5.74) is 1.72. The van der Waals surface area contributed by atoms with Gasteiger partial charge in [0.2, 0.25) is 15.9 Å². The summed E-state index contributed by atoms with van der Waals surface area (Å²) in [6.45, 7) is 0. The van der Waals surface area contributed by atoms with Gasteiger partial charge >= 0.3 is 5.97 Å². The Kier molecular flexibility index (Phi) is 6.06. The van der Waals surface area contributed by atoms with Gasteiger partial charge in [-0.15, -0.1) is 0 Å². The molecule has 0 radical (unpaired) electrons. The van der Waals surface area contributed by atoms with E-state index >= 15 is 0 Å². The van der Waals surface area contributed by atoms with Crippen molar-refractivity contribution in [2.24, 2.45) is 5.10 Å². The van der Waals surface area contributed by atoms with Crippen molar-refractivity contribution in [2.45, 2.75) is 25.3 Å². The van der Waals surface area contributed by atoms with Crippen molar-refractivity contribution >= 4 is 33.3 Å².